The number of hydrogen-bond acceptors (Lipinski definition) is 5. The van der Waals surface area contributed by atoms with E-state index in [0.717, 1.165) is 9.35 Å². The zero-order valence-electron chi connectivity index (χ0n) is 16.3. The third-order valence-corrected chi connectivity index (χ3v) is 5.68. The van der Waals surface area contributed by atoms with Crippen molar-refractivity contribution < 1.29 is 23.5 Å². The van der Waals surface area contributed by atoms with Crippen molar-refractivity contribution in [2.45, 2.75) is 13.8 Å². The van der Waals surface area contributed by atoms with E-state index in [1.807, 2.05) is 19.1 Å². The maximum absolute atomic E-state index is 13.3. The van der Waals surface area contributed by atoms with Gasteiger partial charge >= 0.3 is 5.97 Å². The second-order valence-corrected chi connectivity index (χ2v) is 8.40. The van der Waals surface area contributed by atoms with E-state index in [-0.39, 0.29) is 24.6 Å². The summed E-state index contributed by atoms with van der Waals surface area (Å²) in [6.45, 7) is 3.52. The van der Waals surface area contributed by atoms with Crippen molar-refractivity contribution in [3.05, 3.63) is 69.3 Å². The molecular formula is C22H19BrFNO4S. The third kappa shape index (κ3) is 5.25. The summed E-state index contributed by atoms with van der Waals surface area (Å²) in [5.74, 6) is -0.781. The lowest BCUT2D eigenvalue weighted by atomic mass is 10.0. The quantitative estimate of drug-likeness (QED) is 0.423. The van der Waals surface area contributed by atoms with Crippen molar-refractivity contribution in [2.24, 2.45) is 0 Å². The lowest BCUT2D eigenvalue weighted by Crippen LogP contribution is -2.21. The van der Waals surface area contributed by atoms with E-state index >= 15 is 0 Å². The Morgan fingerprint density at radius 3 is 2.40 bits per heavy atom. The number of halogens is 2. The third-order valence-electron chi connectivity index (χ3n) is 4.13. The molecule has 156 valence electrons. The summed E-state index contributed by atoms with van der Waals surface area (Å²) in [7, 11) is 0. The molecule has 0 spiro atoms. The number of anilines is 1. The number of hydrogen-bond donors (Lipinski definition) is 1. The molecule has 1 amide bonds. The molecule has 1 N–H and O–H groups in total. The molecule has 3 rings (SSSR count). The predicted molar refractivity (Wildman–Crippen MR) is 119 cm³/mol. The van der Waals surface area contributed by atoms with E-state index in [1.165, 1.54) is 23.5 Å². The number of carbonyl (C=O) groups is 2. The highest BCUT2D eigenvalue weighted by Crippen LogP contribution is 2.40. The number of ether oxygens (including phenoxy) is 2. The van der Waals surface area contributed by atoms with E-state index < -0.39 is 11.9 Å². The number of benzene rings is 2. The normalized spacial score (nSPS) is 10.5. The number of carbonyl (C=O) groups excluding carboxylic acids is 2. The van der Waals surface area contributed by atoms with Gasteiger partial charge in [0.2, 0.25) is 0 Å². The van der Waals surface area contributed by atoms with Crippen LogP contribution in [0.1, 0.15) is 22.2 Å². The van der Waals surface area contributed by atoms with Gasteiger partial charge in [-0.05, 0) is 55.8 Å². The first-order valence-electron chi connectivity index (χ1n) is 9.13. The summed E-state index contributed by atoms with van der Waals surface area (Å²) in [5, 5.41) is 3.11. The predicted octanol–water partition coefficient (Wildman–Crippen LogP) is 5.82. The monoisotopic (exact) mass is 491 g/mol. The molecule has 3 aromatic rings. The largest absolute Gasteiger partial charge is 0.484 e. The molecular weight excluding hydrogens is 473 g/mol. The smallest absolute Gasteiger partial charge is 0.341 e. The average molecular weight is 492 g/mol. The topological polar surface area (TPSA) is 64.6 Å². The van der Waals surface area contributed by atoms with Crippen LogP contribution < -0.4 is 10.1 Å². The van der Waals surface area contributed by atoms with Crippen molar-refractivity contribution in [3.8, 4) is 16.9 Å². The van der Waals surface area contributed by atoms with Crippen molar-refractivity contribution in [3.63, 3.8) is 0 Å². The summed E-state index contributed by atoms with van der Waals surface area (Å²) < 4.78 is 24.9. The van der Waals surface area contributed by atoms with Crippen molar-refractivity contribution in [1.29, 1.82) is 0 Å². The summed E-state index contributed by atoms with van der Waals surface area (Å²) in [5.41, 5.74) is 1.53. The van der Waals surface area contributed by atoms with Crippen molar-refractivity contribution >= 4 is 44.1 Å². The lowest BCUT2D eigenvalue weighted by Gasteiger charge is -2.10. The van der Waals surface area contributed by atoms with Crippen LogP contribution in [0.15, 0.2) is 53.0 Å². The van der Waals surface area contributed by atoms with Gasteiger partial charge in [-0.15, -0.1) is 11.3 Å². The van der Waals surface area contributed by atoms with Gasteiger partial charge in [-0.3, -0.25) is 4.79 Å². The summed E-state index contributed by atoms with van der Waals surface area (Å²) in [4.78, 5) is 25.9. The van der Waals surface area contributed by atoms with Gasteiger partial charge in [0.1, 0.15) is 22.1 Å². The number of aryl methyl sites for hydroxylation is 1. The van der Waals surface area contributed by atoms with Gasteiger partial charge in [0.15, 0.2) is 6.61 Å². The Hall–Kier alpha value is -2.71. The summed E-state index contributed by atoms with van der Waals surface area (Å²) in [6.07, 6.45) is 0. The van der Waals surface area contributed by atoms with E-state index in [1.54, 1.807) is 31.2 Å². The zero-order chi connectivity index (χ0) is 21.7. The molecule has 8 heteroatoms. The molecule has 2 aromatic carbocycles. The van der Waals surface area contributed by atoms with Gasteiger partial charge in [0, 0.05) is 14.9 Å². The van der Waals surface area contributed by atoms with E-state index in [2.05, 4.69) is 21.2 Å². The Balaban J connectivity index is 1.85. The van der Waals surface area contributed by atoms with Crippen molar-refractivity contribution in [2.75, 3.05) is 18.5 Å². The van der Waals surface area contributed by atoms with E-state index in [4.69, 9.17) is 9.47 Å². The molecule has 5 nitrogen and oxygen atoms in total. The van der Waals surface area contributed by atoms with Gasteiger partial charge in [-0.25, -0.2) is 9.18 Å². The fraction of sp³-hybridized carbons (Fsp3) is 0.182. The van der Waals surface area contributed by atoms with Gasteiger partial charge in [0.05, 0.1) is 6.61 Å². The highest BCUT2D eigenvalue weighted by Gasteiger charge is 2.25. The standard InChI is InChI=1S/C22H19BrFNO4S/c1-3-28-22(27)20-19(14-4-8-16(24)9-5-14)13(2)30-21(20)25-18(26)12-29-17-10-6-15(23)7-11-17/h4-11H,3,12H2,1-2H3,(H,25,26). The van der Waals surface area contributed by atoms with Crippen LogP contribution in [-0.2, 0) is 9.53 Å². The van der Waals surface area contributed by atoms with Crippen LogP contribution in [0.2, 0.25) is 0 Å². The van der Waals surface area contributed by atoms with E-state index in [9.17, 15) is 14.0 Å². The highest BCUT2D eigenvalue weighted by atomic mass is 79.9. The minimum absolute atomic E-state index is 0.191. The fourth-order valence-corrected chi connectivity index (χ4v) is 4.18. The molecule has 0 aliphatic heterocycles. The molecule has 0 saturated heterocycles. The molecule has 0 saturated carbocycles. The molecule has 1 heterocycles. The molecule has 0 atom stereocenters. The van der Waals surface area contributed by atoms with E-state index in [0.29, 0.717) is 21.9 Å². The molecule has 0 bridgehead atoms. The van der Waals surface area contributed by atoms with Gasteiger partial charge < -0.3 is 14.8 Å². The molecule has 1 aromatic heterocycles. The van der Waals surface area contributed by atoms with Crippen LogP contribution in [0.3, 0.4) is 0 Å². The first kappa shape index (κ1) is 22.0. The molecule has 0 aliphatic rings. The first-order chi connectivity index (χ1) is 14.4. The highest BCUT2D eigenvalue weighted by molar-refractivity contribution is 9.10. The van der Waals surface area contributed by atoms with Gasteiger partial charge in [-0.1, -0.05) is 28.1 Å². The Labute approximate surface area is 186 Å². The number of rotatable bonds is 7. The maximum atomic E-state index is 13.3. The number of amides is 1. The van der Waals surface area contributed by atoms with Crippen LogP contribution in [0.4, 0.5) is 9.39 Å². The molecule has 0 fully saturated rings. The van der Waals surface area contributed by atoms with Crippen LogP contribution in [0.5, 0.6) is 5.75 Å². The van der Waals surface area contributed by atoms with Gasteiger partial charge in [-0.2, -0.15) is 0 Å². The fourth-order valence-electron chi connectivity index (χ4n) is 2.84. The van der Waals surface area contributed by atoms with Crippen LogP contribution in [0.25, 0.3) is 11.1 Å². The zero-order valence-corrected chi connectivity index (χ0v) is 18.7. The SMILES string of the molecule is CCOC(=O)c1c(NC(=O)COc2ccc(Br)cc2)sc(C)c1-c1ccc(F)cc1. The van der Waals surface area contributed by atoms with Crippen LogP contribution in [0, 0.1) is 12.7 Å². The first-order valence-corrected chi connectivity index (χ1v) is 10.7. The minimum Gasteiger partial charge on any atom is -0.484 e. The average Bonchev–Trinajstić information content (AvgIpc) is 3.04. The minimum atomic E-state index is -0.551. The molecule has 0 unspecified atom stereocenters. The number of esters is 1. The van der Waals surface area contributed by atoms with Crippen molar-refractivity contribution in [1.82, 2.24) is 0 Å². The second-order valence-electron chi connectivity index (χ2n) is 6.26. The lowest BCUT2D eigenvalue weighted by molar-refractivity contribution is -0.118. The Morgan fingerprint density at radius 2 is 1.77 bits per heavy atom. The summed E-state index contributed by atoms with van der Waals surface area (Å²) >= 11 is 4.60. The Bertz CT molecular complexity index is 1050. The molecule has 30 heavy (non-hydrogen) atoms. The van der Waals surface area contributed by atoms with Gasteiger partial charge in [0.25, 0.3) is 5.91 Å². The second kappa shape index (κ2) is 9.86. The Morgan fingerprint density at radius 1 is 1.10 bits per heavy atom. The molecule has 0 radical (unpaired) electrons. The van der Waals surface area contributed by atoms with Crippen LogP contribution >= 0.6 is 27.3 Å². The summed E-state index contributed by atoms with van der Waals surface area (Å²) in [6, 6.07) is 12.9. The maximum Gasteiger partial charge on any atom is 0.341 e. The van der Waals surface area contributed by atoms with Crippen LogP contribution in [-0.4, -0.2) is 25.1 Å². The number of nitrogens with one attached hydrogen (secondary N) is 1. The Kier molecular flexibility index (Phi) is 7.23. The molecule has 0 aliphatic carbocycles. The number of thiophene rings is 1.